The van der Waals surface area contributed by atoms with Crippen molar-refractivity contribution in [1.82, 2.24) is 0 Å². The van der Waals surface area contributed by atoms with Crippen molar-refractivity contribution in [2.24, 2.45) is 11.3 Å². The third-order valence-corrected chi connectivity index (χ3v) is 1.89. The minimum atomic E-state index is 0.0556. The lowest BCUT2D eigenvalue weighted by molar-refractivity contribution is 0.742. The summed E-state index contributed by atoms with van der Waals surface area (Å²) in [5.74, 6) is 0.650. The number of hydrogen-bond acceptors (Lipinski definition) is 1. The molecule has 1 saturated carbocycles. The molecule has 2 unspecified atom stereocenters. The van der Waals surface area contributed by atoms with Crippen LogP contribution >= 0.6 is 0 Å². The highest BCUT2D eigenvalue weighted by Crippen LogP contribution is 2.61. The third kappa shape index (κ3) is 0.184. The van der Waals surface area contributed by atoms with Gasteiger partial charge in [0.15, 0.2) is 0 Å². The predicted molar refractivity (Wildman–Crippen MR) is 25.3 cm³/mol. The van der Waals surface area contributed by atoms with Crippen LogP contribution in [0.1, 0.15) is 6.42 Å². The summed E-state index contributed by atoms with van der Waals surface area (Å²) in [5, 5.41) is 8.39. The van der Waals surface area contributed by atoms with E-state index >= 15 is 0 Å². The van der Waals surface area contributed by atoms with Crippen LogP contribution in [0.4, 0.5) is 0 Å². The minimum Gasteiger partial charge on any atom is -0.197 e. The molecular weight excluding hydrogens is 86.1 g/mol. The quantitative estimate of drug-likeness (QED) is 0.409. The van der Waals surface area contributed by atoms with E-state index in [0.717, 1.165) is 6.42 Å². The van der Waals surface area contributed by atoms with E-state index in [1.165, 1.54) is 0 Å². The van der Waals surface area contributed by atoms with E-state index in [4.69, 9.17) is 5.26 Å². The zero-order chi connectivity index (χ0) is 4.91. The topological polar surface area (TPSA) is 23.8 Å². The summed E-state index contributed by atoms with van der Waals surface area (Å²) in [6.45, 7) is 0. The van der Waals surface area contributed by atoms with Gasteiger partial charge >= 0.3 is 0 Å². The summed E-state index contributed by atoms with van der Waals surface area (Å²) in [6.07, 6.45) is 5.23. The van der Waals surface area contributed by atoms with E-state index < -0.39 is 0 Å². The molecule has 0 N–H and O–H groups in total. The molecular formula is C6H5N. The molecule has 7 heavy (non-hydrogen) atoms. The van der Waals surface area contributed by atoms with Crippen LogP contribution < -0.4 is 0 Å². The fourth-order valence-corrected chi connectivity index (χ4v) is 1.07. The maximum Gasteiger partial charge on any atom is 0.0822 e. The number of nitriles is 1. The summed E-state index contributed by atoms with van der Waals surface area (Å²) in [4.78, 5) is 0. The first kappa shape index (κ1) is 3.26. The number of nitrogens with zero attached hydrogens (tertiary/aromatic N) is 1. The molecule has 0 spiro atoms. The Bertz CT molecular complexity index is 175. The zero-order valence-corrected chi connectivity index (χ0v) is 3.89. The fraction of sp³-hybridized carbons (Fsp3) is 0.500. The van der Waals surface area contributed by atoms with Crippen molar-refractivity contribution >= 4 is 0 Å². The van der Waals surface area contributed by atoms with Gasteiger partial charge in [0.1, 0.15) is 0 Å². The maximum atomic E-state index is 8.39. The molecule has 0 amide bonds. The first-order valence-corrected chi connectivity index (χ1v) is 2.48. The average molecular weight is 91.1 g/mol. The van der Waals surface area contributed by atoms with Gasteiger partial charge in [-0.25, -0.2) is 0 Å². The second kappa shape index (κ2) is 0.626. The van der Waals surface area contributed by atoms with Crippen molar-refractivity contribution in [3.8, 4) is 6.07 Å². The number of hydrogen-bond donors (Lipinski definition) is 0. The van der Waals surface area contributed by atoms with Crippen LogP contribution in [0, 0.1) is 22.7 Å². The van der Waals surface area contributed by atoms with Crippen LogP contribution in [0.5, 0.6) is 0 Å². The molecule has 2 rings (SSSR count). The molecule has 0 saturated heterocycles. The Morgan fingerprint density at radius 1 is 1.86 bits per heavy atom. The van der Waals surface area contributed by atoms with Crippen molar-refractivity contribution in [2.45, 2.75) is 6.42 Å². The van der Waals surface area contributed by atoms with Crippen LogP contribution in [0.2, 0.25) is 0 Å². The molecule has 1 heteroatoms. The first-order chi connectivity index (χ1) is 3.37. The summed E-state index contributed by atoms with van der Waals surface area (Å²) in [7, 11) is 0. The van der Waals surface area contributed by atoms with Crippen LogP contribution in [-0.4, -0.2) is 0 Å². The zero-order valence-electron chi connectivity index (χ0n) is 3.89. The molecule has 1 fully saturated rings. The van der Waals surface area contributed by atoms with Crippen molar-refractivity contribution < 1.29 is 0 Å². The smallest absolute Gasteiger partial charge is 0.0822 e. The second-order valence-electron chi connectivity index (χ2n) is 2.32. The van der Waals surface area contributed by atoms with Crippen molar-refractivity contribution in [2.75, 3.05) is 0 Å². The molecule has 0 aliphatic heterocycles. The Kier molecular flexibility index (Phi) is 0.291. The molecule has 34 valence electrons. The van der Waals surface area contributed by atoms with E-state index in [1.807, 2.05) is 6.08 Å². The summed E-state index contributed by atoms with van der Waals surface area (Å²) < 4.78 is 0. The molecule has 2 aliphatic rings. The van der Waals surface area contributed by atoms with E-state index in [9.17, 15) is 0 Å². The molecule has 2 atom stereocenters. The highest BCUT2D eigenvalue weighted by Gasteiger charge is 2.57. The number of fused-ring (bicyclic) bond motifs is 1. The maximum absolute atomic E-state index is 8.39. The van der Waals surface area contributed by atoms with Gasteiger partial charge in [-0.1, -0.05) is 12.2 Å². The van der Waals surface area contributed by atoms with Crippen LogP contribution in [0.25, 0.3) is 0 Å². The predicted octanol–water partition coefficient (Wildman–Crippen LogP) is 1.09. The highest BCUT2D eigenvalue weighted by atomic mass is 14.6. The van der Waals surface area contributed by atoms with Gasteiger partial charge in [-0.3, -0.25) is 0 Å². The Balaban J connectivity index is 2.40. The van der Waals surface area contributed by atoms with Gasteiger partial charge in [-0.15, -0.1) is 0 Å². The van der Waals surface area contributed by atoms with Gasteiger partial charge in [0.05, 0.1) is 11.5 Å². The van der Waals surface area contributed by atoms with Gasteiger partial charge in [0.25, 0.3) is 0 Å². The van der Waals surface area contributed by atoms with E-state index in [1.54, 1.807) is 0 Å². The largest absolute Gasteiger partial charge is 0.197 e. The van der Waals surface area contributed by atoms with Gasteiger partial charge in [0.2, 0.25) is 0 Å². The van der Waals surface area contributed by atoms with Crippen LogP contribution in [0.3, 0.4) is 0 Å². The normalized spacial score (nSPS) is 51.6. The highest BCUT2D eigenvalue weighted by molar-refractivity contribution is 5.39. The van der Waals surface area contributed by atoms with E-state index in [-0.39, 0.29) is 5.41 Å². The van der Waals surface area contributed by atoms with Crippen molar-refractivity contribution in [3.63, 3.8) is 0 Å². The van der Waals surface area contributed by atoms with Crippen molar-refractivity contribution in [1.29, 1.82) is 5.26 Å². The van der Waals surface area contributed by atoms with Gasteiger partial charge < -0.3 is 0 Å². The van der Waals surface area contributed by atoms with Crippen LogP contribution in [0.15, 0.2) is 12.2 Å². The Labute approximate surface area is 42.3 Å². The third-order valence-electron chi connectivity index (χ3n) is 1.89. The number of rotatable bonds is 0. The number of allylic oxidation sites excluding steroid dienone is 2. The summed E-state index contributed by atoms with van der Waals surface area (Å²) >= 11 is 0. The second-order valence-corrected chi connectivity index (χ2v) is 2.32. The van der Waals surface area contributed by atoms with E-state index in [2.05, 4.69) is 12.1 Å². The Morgan fingerprint density at radius 3 is 2.71 bits per heavy atom. The van der Waals surface area contributed by atoms with Gasteiger partial charge in [0, 0.05) is 5.92 Å². The molecule has 0 aromatic carbocycles. The lowest BCUT2D eigenvalue weighted by Gasteiger charge is -2.04. The molecule has 2 aliphatic carbocycles. The summed E-state index contributed by atoms with van der Waals surface area (Å²) in [6, 6.07) is 2.27. The van der Waals surface area contributed by atoms with E-state index in [0.29, 0.717) is 5.92 Å². The summed E-state index contributed by atoms with van der Waals surface area (Å²) in [5.41, 5.74) is 0.0556. The monoisotopic (exact) mass is 91.0 g/mol. The van der Waals surface area contributed by atoms with Crippen LogP contribution in [-0.2, 0) is 0 Å². The lowest BCUT2D eigenvalue weighted by Crippen LogP contribution is -2.01. The molecule has 0 heterocycles. The molecule has 1 nitrogen and oxygen atoms in total. The first-order valence-electron chi connectivity index (χ1n) is 2.48. The molecule has 0 radical (unpaired) electrons. The minimum absolute atomic E-state index is 0.0556. The lowest BCUT2D eigenvalue weighted by atomic mass is 9.97. The SMILES string of the molecule is N#CC12C=CC1C2. The fourth-order valence-electron chi connectivity index (χ4n) is 1.07. The standard InChI is InChI=1S/C6H5N/c7-4-6-2-1-5(6)3-6/h1-2,5H,3H2. The molecule has 0 aromatic heterocycles. The Hall–Kier alpha value is -0.770. The average Bonchev–Trinajstić information content (AvgIpc) is 2.12. The van der Waals surface area contributed by atoms with Gasteiger partial charge in [-0.05, 0) is 6.42 Å². The van der Waals surface area contributed by atoms with Crippen molar-refractivity contribution in [3.05, 3.63) is 12.2 Å². The van der Waals surface area contributed by atoms with Gasteiger partial charge in [-0.2, -0.15) is 5.26 Å². The molecule has 0 aromatic rings. The molecule has 0 bridgehead atoms. The Morgan fingerprint density at radius 2 is 2.71 bits per heavy atom.